The molecule has 0 unspecified atom stereocenters. The number of anilines is 1. The average Bonchev–Trinajstić information content (AvgIpc) is 3.26. The molecule has 12 heteroatoms. The number of hydrogen-bond donors (Lipinski definition) is 1. The number of aromatic nitrogens is 3. The number of thiazole rings is 1. The van der Waals surface area contributed by atoms with Gasteiger partial charge in [-0.05, 0) is 51.0 Å². The molecule has 2 aliphatic rings. The van der Waals surface area contributed by atoms with Crippen LogP contribution in [0.25, 0.3) is 21.5 Å². The van der Waals surface area contributed by atoms with E-state index in [0.717, 1.165) is 37.3 Å². The van der Waals surface area contributed by atoms with Gasteiger partial charge in [0.25, 0.3) is 0 Å². The van der Waals surface area contributed by atoms with E-state index in [-0.39, 0.29) is 27.8 Å². The monoisotopic (exact) mass is 523 g/mol. The molecule has 4 heterocycles. The molecule has 3 aromatic rings. The van der Waals surface area contributed by atoms with Gasteiger partial charge in [-0.25, -0.2) is 4.98 Å². The van der Waals surface area contributed by atoms with E-state index in [2.05, 4.69) is 26.9 Å². The molecule has 1 aromatic carbocycles. The largest absolute Gasteiger partial charge is 0.493 e. The standard InChI is InChI=1S/C24H28F3N5O3S/c1-32-8-4-14(5-9-32)13-34-16-2-3-17-18(12-16)29-23(35-15-6-10-33-11-7-15)30-19(17)20-21(24(25,26)27)31-22(28)36-20/h2-3,12,14-15H,4-11,13H2,1H3,(H2,28,31). The quantitative estimate of drug-likeness (QED) is 0.500. The summed E-state index contributed by atoms with van der Waals surface area (Å²) in [5, 5.41) is 0.254. The van der Waals surface area contributed by atoms with E-state index in [1.807, 2.05) is 0 Å². The fourth-order valence-electron chi connectivity index (χ4n) is 4.48. The molecule has 0 saturated carbocycles. The fraction of sp³-hybridized carbons (Fsp3) is 0.542. The number of fused-ring (bicyclic) bond motifs is 1. The summed E-state index contributed by atoms with van der Waals surface area (Å²) >= 11 is 0.743. The minimum absolute atomic E-state index is 0.0111. The number of likely N-dealkylation sites (tertiary alicyclic amines) is 1. The van der Waals surface area contributed by atoms with Crippen LogP contribution in [0.3, 0.4) is 0 Å². The van der Waals surface area contributed by atoms with Crippen molar-refractivity contribution in [2.45, 2.75) is 38.0 Å². The summed E-state index contributed by atoms with van der Waals surface area (Å²) in [4.78, 5) is 14.6. The minimum Gasteiger partial charge on any atom is -0.493 e. The van der Waals surface area contributed by atoms with Gasteiger partial charge in [0.05, 0.1) is 35.9 Å². The second kappa shape index (κ2) is 10.3. The molecule has 0 spiro atoms. The van der Waals surface area contributed by atoms with Gasteiger partial charge in [0.1, 0.15) is 11.9 Å². The van der Waals surface area contributed by atoms with Crippen LogP contribution in [0.5, 0.6) is 11.8 Å². The van der Waals surface area contributed by atoms with Crippen LogP contribution in [0.4, 0.5) is 18.3 Å². The van der Waals surface area contributed by atoms with Crippen molar-refractivity contribution in [3.05, 3.63) is 23.9 Å². The summed E-state index contributed by atoms with van der Waals surface area (Å²) < 4.78 is 58.7. The highest BCUT2D eigenvalue weighted by atomic mass is 32.1. The first-order valence-electron chi connectivity index (χ1n) is 12.0. The lowest BCUT2D eigenvalue weighted by Crippen LogP contribution is -2.32. The number of hydrogen-bond acceptors (Lipinski definition) is 9. The van der Waals surface area contributed by atoms with Crippen molar-refractivity contribution in [2.75, 3.05) is 45.7 Å². The second-order valence-corrected chi connectivity index (χ2v) is 10.3. The lowest BCUT2D eigenvalue weighted by Gasteiger charge is -2.28. The van der Waals surface area contributed by atoms with Crippen LogP contribution in [-0.2, 0) is 10.9 Å². The van der Waals surface area contributed by atoms with Gasteiger partial charge >= 0.3 is 12.2 Å². The van der Waals surface area contributed by atoms with Crippen molar-refractivity contribution in [1.82, 2.24) is 19.9 Å². The van der Waals surface area contributed by atoms with Crippen molar-refractivity contribution >= 4 is 27.4 Å². The number of benzene rings is 1. The Balaban J connectivity index is 1.50. The summed E-state index contributed by atoms with van der Waals surface area (Å²) in [6.45, 7) is 3.74. The Morgan fingerprint density at radius 1 is 1.11 bits per heavy atom. The Morgan fingerprint density at radius 3 is 2.58 bits per heavy atom. The number of alkyl halides is 3. The van der Waals surface area contributed by atoms with Crippen molar-refractivity contribution in [3.8, 4) is 22.3 Å². The predicted octanol–water partition coefficient (Wildman–Crippen LogP) is 4.63. The molecule has 0 radical (unpaired) electrons. The van der Waals surface area contributed by atoms with Crippen LogP contribution in [0.15, 0.2) is 18.2 Å². The Kier molecular flexibility index (Phi) is 7.18. The van der Waals surface area contributed by atoms with E-state index in [4.69, 9.17) is 19.9 Å². The molecule has 0 aliphatic carbocycles. The molecule has 2 N–H and O–H groups in total. The molecule has 36 heavy (non-hydrogen) atoms. The topological polar surface area (TPSA) is 95.6 Å². The zero-order chi connectivity index (χ0) is 25.3. The molecule has 0 atom stereocenters. The molecule has 5 rings (SSSR count). The molecule has 2 saturated heterocycles. The first-order valence-corrected chi connectivity index (χ1v) is 12.8. The third-order valence-electron chi connectivity index (χ3n) is 6.54. The van der Waals surface area contributed by atoms with E-state index < -0.39 is 11.9 Å². The highest BCUT2D eigenvalue weighted by Gasteiger charge is 2.39. The van der Waals surface area contributed by atoms with Gasteiger partial charge in [-0.1, -0.05) is 11.3 Å². The van der Waals surface area contributed by atoms with E-state index in [1.54, 1.807) is 18.2 Å². The van der Waals surface area contributed by atoms with Crippen molar-refractivity contribution in [3.63, 3.8) is 0 Å². The maximum atomic E-state index is 13.8. The summed E-state index contributed by atoms with van der Waals surface area (Å²) in [5.41, 5.74) is 5.14. The number of ether oxygens (including phenoxy) is 3. The van der Waals surface area contributed by atoms with Crippen LogP contribution in [0.2, 0.25) is 0 Å². The first kappa shape index (κ1) is 25.0. The predicted molar refractivity (Wildman–Crippen MR) is 130 cm³/mol. The van der Waals surface area contributed by atoms with E-state index >= 15 is 0 Å². The van der Waals surface area contributed by atoms with Crippen molar-refractivity contribution in [1.29, 1.82) is 0 Å². The van der Waals surface area contributed by atoms with Gasteiger partial charge in [0.15, 0.2) is 10.8 Å². The Bertz CT molecular complexity index is 1210. The lowest BCUT2D eigenvalue weighted by molar-refractivity contribution is -0.140. The number of halogens is 3. The van der Waals surface area contributed by atoms with E-state index in [0.29, 0.717) is 55.2 Å². The molecular formula is C24H28F3N5O3S. The number of rotatable bonds is 6. The summed E-state index contributed by atoms with van der Waals surface area (Å²) in [6.07, 6.45) is -1.43. The third-order valence-corrected chi connectivity index (χ3v) is 7.43. The molecule has 0 amide bonds. The lowest BCUT2D eigenvalue weighted by atomic mass is 9.98. The maximum Gasteiger partial charge on any atom is 0.434 e. The van der Waals surface area contributed by atoms with Gasteiger partial charge < -0.3 is 24.8 Å². The molecule has 8 nitrogen and oxygen atoms in total. The van der Waals surface area contributed by atoms with Gasteiger partial charge in [-0.15, -0.1) is 0 Å². The third kappa shape index (κ3) is 5.65. The van der Waals surface area contributed by atoms with Gasteiger partial charge in [0, 0.05) is 24.3 Å². The average molecular weight is 524 g/mol. The maximum absolute atomic E-state index is 13.8. The number of nitrogen functional groups attached to an aromatic ring is 1. The van der Waals surface area contributed by atoms with Crippen LogP contribution in [-0.4, -0.2) is 65.9 Å². The summed E-state index contributed by atoms with van der Waals surface area (Å²) in [5.74, 6) is 1.06. The van der Waals surface area contributed by atoms with Gasteiger partial charge in [-0.2, -0.15) is 23.1 Å². The van der Waals surface area contributed by atoms with Crippen LogP contribution in [0.1, 0.15) is 31.4 Å². The Labute approximate surface area is 210 Å². The minimum atomic E-state index is -4.68. The van der Waals surface area contributed by atoms with Crippen LogP contribution >= 0.6 is 11.3 Å². The number of piperidine rings is 1. The molecule has 2 aromatic heterocycles. The Morgan fingerprint density at radius 2 is 1.86 bits per heavy atom. The number of nitrogens with zero attached hydrogens (tertiary/aromatic N) is 4. The van der Waals surface area contributed by atoms with Crippen molar-refractivity contribution in [2.24, 2.45) is 5.92 Å². The smallest absolute Gasteiger partial charge is 0.434 e. The Hall–Kier alpha value is -2.70. The van der Waals surface area contributed by atoms with E-state index in [9.17, 15) is 13.2 Å². The normalized spacial score (nSPS) is 18.6. The summed E-state index contributed by atoms with van der Waals surface area (Å²) in [6, 6.07) is 5.16. The molecule has 0 bridgehead atoms. The van der Waals surface area contributed by atoms with Crippen molar-refractivity contribution < 1.29 is 27.4 Å². The number of nitrogens with two attached hydrogens (primary N) is 1. The molecule has 194 valence electrons. The van der Waals surface area contributed by atoms with Gasteiger partial charge in [-0.3, -0.25) is 0 Å². The SMILES string of the molecule is CN1CCC(COc2ccc3c(-c4sc(N)nc4C(F)(F)F)nc(OC4CCOCC4)nc3c2)CC1. The van der Waals surface area contributed by atoms with Crippen LogP contribution in [0, 0.1) is 5.92 Å². The zero-order valence-electron chi connectivity index (χ0n) is 19.9. The van der Waals surface area contributed by atoms with E-state index in [1.165, 1.54) is 0 Å². The second-order valence-electron chi connectivity index (χ2n) is 9.25. The zero-order valence-corrected chi connectivity index (χ0v) is 20.7. The fourth-order valence-corrected chi connectivity index (χ4v) is 5.34. The summed E-state index contributed by atoms with van der Waals surface area (Å²) in [7, 11) is 2.11. The molecule has 2 aliphatic heterocycles. The highest BCUT2D eigenvalue weighted by Crippen LogP contribution is 2.43. The van der Waals surface area contributed by atoms with Gasteiger partial charge in [0.2, 0.25) is 0 Å². The molecule has 2 fully saturated rings. The van der Waals surface area contributed by atoms with Crippen LogP contribution < -0.4 is 15.2 Å². The first-order chi connectivity index (χ1) is 17.3. The molecular weight excluding hydrogens is 495 g/mol. The highest BCUT2D eigenvalue weighted by molar-refractivity contribution is 7.19.